The summed E-state index contributed by atoms with van der Waals surface area (Å²) in [5.74, 6) is -1.33. The molecule has 1 aliphatic heterocycles. The molecule has 0 aromatic carbocycles. The van der Waals surface area contributed by atoms with Crippen molar-refractivity contribution in [1.29, 1.82) is 0 Å². The van der Waals surface area contributed by atoms with Gasteiger partial charge in [0.2, 0.25) is 0 Å². The molecule has 1 heterocycles. The van der Waals surface area contributed by atoms with Gasteiger partial charge in [0.25, 0.3) is 0 Å². The number of hydrogen-bond acceptors (Lipinski definition) is 4. The number of carbonyl (C=O) groups is 1. The SMILES string of the molecule is CC12CCCCC1=[N+]([O-])C(C)(C(=O)O)N2O. The van der Waals surface area contributed by atoms with E-state index in [1.807, 2.05) is 0 Å². The molecule has 2 aliphatic rings. The zero-order chi connectivity index (χ0) is 12.1. The molecule has 1 fully saturated rings. The zero-order valence-corrected chi connectivity index (χ0v) is 9.43. The van der Waals surface area contributed by atoms with E-state index >= 15 is 0 Å². The van der Waals surface area contributed by atoms with Gasteiger partial charge in [0, 0.05) is 13.3 Å². The third-order valence-electron chi connectivity index (χ3n) is 3.87. The molecule has 0 bridgehead atoms. The summed E-state index contributed by atoms with van der Waals surface area (Å²) in [6.07, 6.45) is 2.92. The van der Waals surface area contributed by atoms with E-state index in [4.69, 9.17) is 5.11 Å². The molecule has 6 nitrogen and oxygen atoms in total. The summed E-state index contributed by atoms with van der Waals surface area (Å²) in [7, 11) is 0. The van der Waals surface area contributed by atoms with Gasteiger partial charge in [-0.05, 0) is 19.8 Å². The Labute approximate surface area is 93.3 Å². The van der Waals surface area contributed by atoms with E-state index < -0.39 is 17.2 Å². The molecular weight excluding hydrogens is 212 g/mol. The number of hydroxylamine groups is 3. The van der Waals surface area contributed by atoms with E-state index in [9.17, 15) is 15.2 Å². The summed E-state index contributed by atoms with van der Waals surface area (Å²) in [6.45, 7) is 2.96. The van der Waals surface area contributed by atoms with Gasteiger partial charge in [-0.25, -0.2) is 4.79 Å². The van der Waals surface area contributed by atoms with Gasteiger partial charge in [-0.3, -0.25) is 0 Å². The quantitative estimate of drug-likeness (QED) is 0.511. The lowest BCUT2D eigenvalue weighted by Gasteiger charge is -2.34. The summed E-state index contributed by atoms with van der Waals surface area (Å²) in [5.41, 5.74) is -2.24. The lowest BCUT2D eigenvalue weighted by atomic mass is 9.82. The van der Waals surface area contributed by atoms with Crippen molar-refractivity contribution < 1.29 is 19.8 Å². The first-order chi connectivity index (χ1) is 7.35. The van der Waals surface area contributed by atoms with Crippen LogP contribution in [-0.2, 0) is 4.79 Å². The molecule has 0 aromatic heterocycles. The molecule has 2 unspecified atom stereocenters. The number of carboxylic acid groups (broad SMARTS) is 1. The molecule has 2 atom stereocenters. The van der Waals surface area contributed by atoms with Crippen LogP contribution in [0.2, 0.25) is 0 Å². The molecule has 0 saturated heterocycles. The molecule has 0 aromatic rings. The Balaban J connectivity index is 2.55. The average Bonchev–Trinajstić information content (AvgIpc) is 2.40. The maximum atomic E-state index is 12.0. The largest absolute Gasteiger partial charge is 0.622 e. The highest BCUT2D eigenvalue weighted by Gasteiger charge is 2.65. The minimum absolute atomic E-state index is 0.467. The standard InChI is InChI=1S/C10H16N2O4/c1-9-6-4-3-5-7(9)11(15)10(2,8(13)14)12(9)16/h16H,3-6H2,1-2H3,(H,13,14). The molecule has 2 N–H and O–H groups in total. The predicted octanol–water partition coefficient (Wildman–Crippen LogP) is 0.776. The fraction of sp³-hybridized carbons (Fsp3) is 0.800. The van der Waals surface area contributed by atoms with E-state index in [1.165, 1.54) is 6.92 Å². The van der Waals surface area contributed by atoms with Crippen molar-refractivity contribution in [3.05, 3.63) is 5.21 Å². The number of fused-ring (bicyclic) bond motifs is 1. The summed E-state index contributed by atoms with van der Waals surface area (Å²) in [6, 6.07) is 0. The van der Waals surface area contributed by atoms with Crippen LogP contribution in [0.1, 0.15) is 39.5 Å². The van der Waals surface area contributed by atoms with Crippen LogP contribution in [0, 0.1) is 5.21 Å². The van der Waals surface area contributed by atoms with Crippen LogP contribution in [0.3, 0.4) is 0 Å². The van der Waals surface area contributed by atoms with Crippen molar-refractivity contribution in [3.63, 3.8) is 0 Å². The summed E-state index contributed by atoms with van der Waals surface area (Å²) >= 11 is 0. The second kappa shape index (κ2) is 3.18. The van der Waals surface area contributed by atoms with Gasteiger partial charge in [0.1, 0.15) is 5.54 Å². The molecule has 16 heavy (non-hydrogen) atoms. The van der Waals surface area contributed by atoms with Crippen molar-refractivity contribution >= 4 is 11.7 Å². The smallest absolute Gasteiger partial charge is 0.396 e. The molecule has 6 heteroatoms. The first-order valence-corrected chi connectivity index (χ1v) is 5.41. The third-order valence-corrected chi connectivity index (χ3v) is 3.87. The van der Waals surface area contributed by atoms with Crippen LogP contribution in [0.25, 0.3) is 0 Å². The molecule has 0 amide bonds. The van der Waals surface area contributed by atoms with Crippen LogP contribution in [0.4, 0.5) is 0 Å². The van der Waals surface area contributed by atoms with E-state index in [0.29, 0.717) is 28.4 Å². The molecule has 0 radical (unpaired) electrons. The normalized spacial score (nSPS) is 39.9. The zero-order valence-electron chi connectivity index (χ0n) is 9.43. The van der Waals surface area contributed by atoms with E-state index in [-0.39, 0.29) is 0 Å². The van der Waals surface area contributed by atoms with Crippen LogP contribution < -0.4 is 0 Å². The van der Waals surface area contributed by atoms with E-state index in [0.717, 1.165) is 12.8 Å². The first-order valence-electron chi connectivity index (χ1n) is 5.41. The van der Waals surface area contributed by atoms with Gasteiger partial charge >= 0.3 is 11.6 Å². The average molecular weight is 228 g/mol. The fourth-order valence-electron chi connectivity index (χ4n) is 2.73. The summed E-state index contributed by atoms with van der Waals surface area (Å²) in [5, 5.41) is 31.9. The monoisotopic (exact) mass is 228 g/mol. The Morgan fingerprint density at radius 1 is 1.50 bits per heavy atom. The first kappa shape index (κ1) is 11.3. The Morgan fingerprint density at radius 3 is 2.62 bits per heavy atom. The van der Waals surface area contributed by atoms with E-state index in [2.05, 4.69) is 0 Å². The minimum atomic E-state index is -1.89. The van der Waals surface area contributed by atoms with Crippen molar-refractivity contribution in [3.8, 4) is 0 Å². The maximum absolute atomic E-state index is 12.0. The predicted molar refractivity (Wildman–Crippen MR) is 55.2 cm³/mol. The van der Waals surface area contributed by atoms with Crippen molar-refractivity contribution in [1.82, 2.24) is 5.06 Å². The lowest BCUT2D eigenvalue weighted by Crippen LogP contribution is -2.59. The Hall–Kier alpha value is -1.14. The fourth-order valence-corrected chi connectivity index (χ4v) is 2.73. The van der Waals surface area contributed by atoms with Crippen LogP contribution >= 0.6 is 0 Å². The Kier molecular flexibility index (Phi) is 2.25. The number of hydrogen-bond donors (Lipinski definition) is 2. The molecule has 1 aliphatic carbocycles. The topological polar surface area (TPSA) is 86.8 Å². The van der Waals surface area contributed by atoms with Gasteiger partial charge < -0.3 is 15.5 Å². The van der Waals surface area contributed by atoms with Gasteiger partial charge in [0.05, 0.1) is 0 Å². The second-order valence-corrected chi connectivity index (χ2v) is 4.86. The summed E-state index contributed by atoms with van der Waals surface area (Å²) in [4.78, 5) is 11.2. The highest BCUT2D eigenvalue weighted by molar-refractivity contribution is 5.94. The van der Waals surface area contributed by atoms with Gasteiger partial charge in [-0.2, -0.15) is 4.74 Å². The van der Waals surface area contributed by atoms with Crippen LogP contribution in [0.15, 0.2) is 0 Å². The second-order valence-electron chi connectivity index (χ2n) is 4.86. The lowest BCUT2D eigenvalue weighted by molar-refractivity contribution is -0.569. The third kappa shape index (κ3) is 1.08. The van der Waals surface area contributed by atoms with Crippen molar-refractivity contribution in [2.45, 2.75) is 50.7 Å². The van der Waals surface area contributed by atoms with E-state index in [1.54, 1.807) is 6.92 Å². The van der Waals surface area contributed by atoms with Crippen LogP contribution in [0.5, 0.6) is 0 Å². The molecular formula is C10H16N2O4. The highest BCUT2D eigenvalue weighted by atomic mass is 16.6. The molecule has 0 spiro atoms. The number of rotatable bonds is 1. The Bertz CT molecular complexity index is 381. The Morgan fingerprint density at radius 2 is 2.12 bits per heavy atom. The summed E-state index contributed by atoms with van der Waals surface area (Å²) < 4.78 is 0.467. The maximum Gasteiger partial charge on any atom is 0.396 e. The molecule has 1 saturated carbocycles. The van der Waals surface area contributed by atoms with Gasteiger partial charge in [-0.1, -0.05) is 11.5 Å². The van der Waals surface area contributed by atoms with Gasteiger partial charge in [0.15, 0.2) is 5.71 Å². The van der Waals surface area contributed by atoms with Crippen molar-refractivity contribution in [2.24, 2.45) is 0 Å². The molecule has 2 rings (SSSR count). The molecule has 90 valence electrons. The number of carboxylic acids is 1. The number of nitrogens with zero attached hydrogens (tertiary/aromatic N) is 2. The van der Waals surface area contributed by atoms with Crippen molar-refractivity contribution in [2.75, 3.05) is 0 Å². The minimum Gasteiger partial charge on any atom is -0.622 e. The van der Waals surface area contributed by atoms with Gasteiger partial charge in [-0.15, -0.1) is 0 Å². The highest BCUT2D eigenvalue weighted by Crippen LogP contribution is 2.40. The van der Waals surface area contributed by atoms with Crippen LogP contribution in [-0.4, -0.2) is 43.0 Å². The number of aliphatic carboxylic acids is 1.